The van der Waals surface area contributed by atoms with Gasteiger partial charge in [0.15, 0.2) is 0 Å². The Bertz CT molecular complexity index is 248. The average molecular weight is 252 g/mol. The maximum atomic E-state index is 12.4. The van der Waals surface area contributed by atoms with Gasteiger partial charge in [-0.1, -0.05) is 6.92 Å². The first-order chi connectivity index (χ1) is 7.95. The van der Waals surface area contributed by atoms with E-state index in [1.165, 1.54) is 0 Å². The van der Waals surface area contributed by atoms with Crippen molar-refractivity contribution in [1.29, 1.82) is 0 Å². The Balaban J connectivity index is 2.29. The van der Waals surface area contributed by atoms with E-state index in [0.29, 0.717) is 13.0 Å². The molecule has 3 nitrogen and oxygen atoms in total. The molecule has 0 atom stereocenters. The highest BCUT2D eigenvalue weighted by Gasteiger charge is 2.41. The molecule has 0 saturated carbocycles. The van der Waals surface area contributed by atoms with Gasteiger partial charge < -0.3 is 10.2 Å². The number of carbonyl (C=O) groups is 1. The maximum absolute atomic E-state index is 12.4. The molecule has 0 aromatic carbocycles. The lowest BCUT2D eigenvalue weighted by molar-refractivity contribution is -0.186. The van der Waals surface area contributed by atoms with Crippen molar-refractivity contribution in [2.24, 2.45) is 5.92 Å². The average Bonchev–Trinajstić information content (AvgIpc) is 2.28. The van der Waals surface area contributed by atoms with Crippen LogP contribution in [0.2, 0.25) is 0 Å². The summed E-state index contributed by atoms with van der Waals surface area (Å²) in [6, 6.07) is 0. The molecule has 0 bridgehead atoms. The van der Waals surface area contributed by atoms with Crippen LogP contribution >= 0.6 is 0 Å². The van der Waals surface area contributed by atoms with E-state index in [4.69, 9.17) is 0 Å². The van der Waals surface area contributed by atoms with Gasteiger partial charge in [-0.2, -0.15) is 13.2 Å². The number of alkyl halides is 3. The van der Waals surface area contributed by atoms with Gasteiger partial charge in [0.1, 0.15) is 0 Å². The molecule has 1 heterocycles. The zero-order chi connectivity index (χ0) is 12.9. The third kappa shape index (κ3) is 4.53. The third-order valence-corrected chi connectivity index (χ3v) is 3.08. The maximum Gasteiger partial charge on any atom is 0.391 e. The molecule has 6 heteroatoms. The van der Waals surface area contributed by atoms with Gasteiger partial charge in [0.05, 0.1) is 5.92 Å². The summed E-state index contributed by atoms with van der Waals surface area (Å²) in [5, 5.41) is 3.02. The largest absolute Gasteiger partial charge is 0.391 e. The molecule has 1 rings (SSSR count). The first-order valence-corrected chi connectivity index (χ1v) is 6.00. The molecule has 0 spiro atoms. The number of likely N-dealkylation sites (tertiary alicyclic amines) is 1. The van der Waals surface area contributed by atoms with E-state index in [-0.39, 0.29) is 31.8 Å². The van der Waals surface area contributed by atoms with Gasteiger partial charge in [-0.3, -0.25) is 4.79 Å². The van der Waals surface area contributed by atoms with Crippen LogP contribution in [0.4, 0.5) is 13.2 Å². The van der Waals surface area contributed by atoms with Gasteiger partial charge in [-0.05, 0) is 19.4 Å². The molecule has 0 radical (unpaired) electrons. The highest BCUT2D eigenvalue weighted by atomic mass is 19.4. The lowest BCUT2D eigenvalue weighted by Crippen LogP contribution is -2.42. The number of nitrogens with one attached hydrogen (secondary N) is 1. The minimum absolute atomic E-state index is 0.0381. The summed E-state index contributed by atoms with van der Waals surface area (Å²) < 4.78 is 37.2. The lowest BCUT2D eigenvalue weighted by atomic mass is 9.96. The Morgan fingerprint density at radius 1 is 1.35 bits per heavy atom. The van der Waals surface area contributed by atoms with E-state index >= 15 is 0 Å². The van der Waals surface area contributed by atoms with E-state index in [9.17, 15) is 18.0 Å². The summed E-state index contributed by atoms with van der Waals surface area (Å²) in [6.07, 6.45) is -3.67. The summed E-state index contributed by atoms with van der Waals surface area (Å²) in [5.74, 6) is -1.29. The Hall–Kier alpha value is -0.780. The fraction of sp³-hybridized carbons (Fsp3) is 0.909. The molecule has 17 heavy (non-hydrogen) atoms. The van der Waals surface area contributed by atoms with E-state index in [1.54, 1.807) is 4.90 Å². The molecule has 0 aromatic rings. The Labute approximate surface area is 99.4 Å². The SMILES string of the molecule is CCNCCC(=O)N1CCC(C(F)(F)F)CC1. The van der Waals surface area contributed by atoms with Crippen molar-refractivity contribution < 1.29 is 18.0 Å². The first kappa shape index (κ1) is 14.3. The fourth-order valence-electron chi connectivity index (χ4n) is 1.99. The fourth-order valence-corrected chi connectivity index (χ4v) is 1.99. The zero-order valence-electron chi connectivity index (χ0n) is 10.0. The minimum atomic E-state index is -4.11. The molecule has 100 valence electrons. The second kappa shape index (κ2) is 6.23. The molecule has 1 fully saturated rings. The van der Waals surface area contributed by atoms with Crippen molar-refractivity contribution >= 4 is 5.91 Å². The van der Waals surface area contributed by atoms with Crippen LogP contribution in [0, 0.1) is 5.92 Å². The summed E-state index contributed by atoms with van der Waals surface area (Å²) in [4.78, 5) is 13.2. The first-order valence-electron chi connectivity index (χ1n) is 6.00. The van der Waals surface area contributed by atoms with E-state index < -0.39 is 12.1 Å². The third-order valence-electron chi connectivity index (χ3n) is 3.08. The molecule has 1 saturated heterocycles. The zero-order valence-corrected chi connectivity index (χ0v) is 10.0. The molecule has 0 aliphatic carbocycles. The van der Waals surface area contributed by atoms with Gasteiger partial charge in [-0.15, -0.1) is 0 Å². The highest BCUT2D eigenvalue weighted by molar-refractivity contribution is 5.76. The molecular formula is C11H19F3N2O. The second-order valence-corrected chi connectivity index (χ2v) is 4.30. The summed E-state index contributed by atoms with van der Waals surface area (Å²) in [5.41, 5.74) is 0. The summed E-state index contributed by atoms with van der Waals surface area (Å²) >= 11 is 0. The molecule has 1 N–H and O–H groups in total. The lowest BCUT2D eigenvalue weighted by Gasteiger charge is -2.33. The van der Waals surface area contributed by atoms with E-state index in [2.05, 4.69) is 5.32 Å². The molecule has 1 aliphatic heterocycles. The van der Waals surface area contributed by atoms with E-state index in [1.807, 2.05) is 6.92 Å². The quantitative estimate of drug-likeness (QED) is 0.774. The number of hydrogen-bond acceptors (Lipinski definition) is 2. The van der Waals surface area contributed by atoms with Crippen molar-refractivity contribution in [3.63, 3.8) is 0 Å². The van der Waals surface area contributed by atoms with Crippen LogP contribution in [0.5, 0.6) is 0 Å². The standard InChI is InChI=1S/C11H19F3N2O/c1-2-15-6-3-10(17)16-7-4-9(5-8-16)11(12,13)14/h9,15H,2-8H2,1H3. The monoisotopic (exact) mass is 252 g/mol. The minimum Gasteiger partial charge on any atom is -0.343 e. The molecule has 0 unspecified atom stereocenters. The Morgan fingerprint density at radius 3 is 2.41 bits per heavy atom. The van der Waals surface area contributed by atoms with Crippen LogP contribution in [0.1, 0.15) is 26.2 Å². The van der Waals surface area contributed by atoms with Crippen molar-refractivity contribution in [2.75, 3.05) is 26.2 Å². The summed E-state index contributed by atoms with van der Waals surface area (Å²) in [7, 11) is 0. The Morgan fingerprint density at radius 2 is 1.94 bits per heavy atom. The highest BCUT2D eigenvalue weighted by Crippen LogP contribution is 2.34. The number of carbonyl (C=O) groups excluding carboxylic acids is 1. The van der Waals surface area contributed by atoms with Gasteiger partial charge in [0.2, 0.25) is 5.91 Å². The number of hydrogen-bond donors (Lipinski definition) is 1. The van der Waals surface area contributed by atoms with E-state index in [0.717, 1.165) is 6.54 Å². The van der Waals surface area contributed by atoms with Crippen LogP contribution in [0.25, 0.3) is 0 Å². The number of rotatable bonds is 4. The van der Waals surface area contributed by atoms with Gasteiger partial charge >= 0.3 is 6.18 Å². The van der Waals surface area contributed by atoms with Gasteiger partial charge in [0.25, 0.3) is 0 Å². The van der Waals surface area contributed by atoms with Crippen molar-refractivity contribution in [1.82, 2.24) is 10.2 Å². The molecular weight excluding hydrogens is 233 g/mol. The second-order valence-electron chi connectivity index (χ2n) is 4.30. The van der Waals surface area contributed by atoms with Crippen molar-refractivity contribution in [3.8, 4) is 0 Å². The molecule has 1 amide bonds. The van der Waals surface area contributed by atoms with Crippen LogP contribution in [0.3, 0.4) is 0 Å². The van der Waals surface area contributed by atoms with Gasteiger partial charge in [-0.25, -0.2) is 0 Å². The topological polar surface area (TPSA) is 32.3 Å². The summed E-state index contributed by atoms with van der Waals surface area (Å²) in [6.45, 7) is 3.79. The number of piperidine rings is 1. The molecule has 1 aliphatic rings. The number of amides is 1. The van der Waals surface area contributed by atoms with Crippen LogP contribution in [-0.2, 0) is 4.79 Å². The Kier molecular flexibility index (Phi) is 5.24. The van der Waals surface area contributed by atoms with Gasteiger partial charge in [0, 0.05) is 26.1 Å². The number of nitrogens with zero attached hydrogens (tertiary/aromatic N) is 1. The molecule has 0 aromatic heterocycles. The number of halogens is 3. The smallest absolute Gasteiger partial charge is 0.343 e. The van der Waals surface area contributed by atoms with Crippen LogP contribution in [0.15, 0.2) is 0 Å². The van der Waals surface area contributed by atoms with Crippen molar-refractivity contribution in [2.45, 2.75) is 32.4 Å². The van der Waals surface area contributed by atoms with Crippen LogP contribution in [-0.4, -0.2) is 43.2 Å². The normalized spacial score (nSPS) is 18.5. The van der Waals surface area contributed by atoms with Crippen LogP contribution < -0.4 is 5.32 Å². The van der Waals surface area contributed by atoms with Crippen molar-refractivity contribution in [3.05, 3.63) is 0 Å². The predicted octanol–water partition coefficient (Wildman–Crippen LogP) is 1.79. The predicted molar refractivity (Wildman–Crippen MR) is 58.5 cm³/mol.